The second kappa shape index (κ2) is 5.88. The van der Waals surface area contributed by atoms with Crippen molar-refractivity contribution in [3.8, 4) is 11.3 Å². The summed E-state index contributed by atoms with van der Waals surface area (Å²) in [5, 5.41) is 3.30. The number of hydrogen-bond donors (Lipinski definition) is 1. The van der Waals surface area contributed by atoms with Gasteiger partial charge in [-0.05, 0) is 25.5 Å². The van der Waals surface area contributed by atoms with Gasteiger partial charge in [0.15, 0.2) is 0 Å². The van der Waals surface area contributed by atoms with Crippen LogP contribution in [0.3, 0.4) is 0 Å². The van der Waals surface area contributed by atoms with Crippen molar-refractivity contribution in [2.24, 2.45) is 5.73 Å². The third-order valence-electron chi connectivity index (χ3n) is 4.05. The molecule has 2 atom stereocenters. The quantitative estimate of drug-likeness (QED) is 0.929. The summed E-state index contributed by atoms with van der Waals surface area (Å²) in [6, 6.07) is 10.5. The summed E-state index contributed by atoms with van der Waals surface area (Å²) in [5.41, 5.74) is 8.70. The molecule has 4 heteroatoms. The van der Waals surface area contributed by atoms with E-state index in [1.165, 1.54) is 24.2 Å². The number of rotatable bonds is 4. The van der Waals surface area contributed by atoms with Gasteiger partial charge in [-0.25, -0.2) is 4.98 Å². The molecule has 0 amide bonds. The number of aromatic nitrogens is 1. The highest BCUT2D eigenvalue weighted by atomic mass is 32.2. The lowest BCUT2D eigenvalue weighted by atomic mass is 9.94. The zero-order valence-corrected chi connectivity index (χ0v) is 13.3. The Kier molecular flexibility index (Phi) is 4.15. The fourth-order valence-corrected chi connectivity index (χ4v) is 4.85. The maximum atomic E-state index is 6.44. The summed E-state index contributed by atoms with van der Waals surface area (Å²) in [6.45, 7) is 2.31. The predicted molar refractivity (Wildman–Crippen MR) is 89.3 cm³/mol. The van der Waals surface area contributed by atoms with E-state index in [0.717, 1.165) is 17.1 Å². The number of hydrogen-bond acceptors (Lipinski definition) is 4. The van der Waals surface area contributed by atoms with Crippen LogP contribution >= 0.6 is 23.1 Å². The van der Waals surface area contributed by atoms with Gasteiger partial charge in [0.1, 0.15) is 0 Å². The highest BCUT2D eigenvalue weighted by Gasteiger charge is 2.36. The summed E-state index contributed by atoms with van der Waals surface area (Å²) in [4.78, 5) is 4.75. The minimum Gasteiger partial charge on any atom is -0.326 e. The van der Waals surface area contributed by atoms with Gasteiger partial charge in [-0.2, -0.15) is 11.8 Å². The van der Waals surface area contributed by atoms with Crippen molar-refractivity contribution >= 4 is 23.1 Å². The number of thiazole rings is 1. The largest absolute Gasteiger partial charge is 0.326 e. The van der Waals surface area contributed by atoms with E-state index in [9.17, 15) is 0 Å². The minimum absolute atomic E-state index is 0.199. The maximum absolute atomic E-state index is 6.44. The Bertz CT molecular complexity index is 559. The molecule has 0 radical (unpaired) electrons. The first-order chi connectivity index (χ1) is 9.67. The van der Waals surface area contributed by atoms with Crippen molar-refractivity contribution in [3.05, 3.63) is 40.7 Å². The van der Waals surface area contributed by atoms with Gasteiger partial charge in [0, 0.05) is 28.2 Å². The maximum Gasteiger partial charge on any atom is 0.0948 e. The topological polar surface area (TPSA) is 38.9 Å². The number of nitrogens with two attached hydrogens (primary N) is 1. The molecule has 0 spiro atoms. The predicted octanol–water partition coefficient (Wildman–Crippen LogP) is 3.97. The van der Waals surface area contributed by atoms with Gasteiger partial charge >= 0.3 is 0 Å². The van der Waals surface area contributed by atoms with Gasteiger partial charge in [-0.1, -0.05) is 30.3 Å². The van der Waals surface area contributed by atoms with Gasteiger partial charge in [0.25, 0.3) is 0 Å². The van der Waals surface area contributed by atoms with Crippen LogP contribution in [0.5, 0.6) is 0 Å². The lowest BCUT2D eigenvalue weighted by molar-refractivity contribution is 0.482. The number of nitrogens with zero attached hydrogens (tertiary/aromatic N) is 1. The van der Waals surface area contributed by atoms with Crippen LogP contribution in [0.2, 0.25) is 0 Å². The minimum atomic E-state index is 0.199. The van der Waals surface area contributed by atoms with E-state index in [1.807, 2.05) is 17.8 Å². The molecule has 2 N–H and O–H groups in total. The van der Waals surface area contributed by atoms with E-state index < -0.39 is 0 Å². The molecule has 2 nitrogen and oxygen atoms in total. The number of benzene rings is 1. The van der Waals surface area contributed by atoms with Crippen molar-refractivity contribution in [1.82, 2.24) is 4.98 Å². The Morgan fingerprint density at radius 3 is 2.85 bits per heavy atom. The molecule has 3 rings (SSSR count). The SMILES string of the molecule is CC1(C(N)Cc2nc(-c3ccccc3)cs2)CCCS1. The van der Waals surface area contributed by atoms with Gasteiger partial charge in [-0.15, -0.1) is 11.3 Å². The van der Waals surface area contributed by atoms with Gasteiger partial charge < -0.3 is 5.73 Å². The lowest BCUT2D eigenvalue weighted by Crippen LogP contribution is -2.42. The fourth-order valence-electron chi connectivity index (χ4n) is 2.64. The first-order valence-corrected chi connectivity index (χ1v) is 8.93. The van der Waals surface area contributed by atoms with Crippen LogP contribution in [-0.2, 0) is 6.42 Å². The number of thioether (sulfide) groups is 1. The van der Waals surface area contributed by atoms with Gasteiger partial charge in [0.2, 0.25) is 0 Å². The molecule has 0 aliphatic carbocycles. The van der Waals surface area contributed by atoms with Crippen molar-refractivity contribution in [1.29, 1.82) is 0 Å². The first-order valence-electron chi connectivity index (χ1n) is 7.07. The molecule has 1 fully saturated rings. The summed E-state index contributed by atoms with van der Waals surface area (Å²) in [7, 11) is 0. The lowest BCUT2D eigenvalue weighted by Gasteiger charge is -2.29. The van der Waals surface area contributed by atoms with Crippen LogP contribution in [0, 0.1) is 0 Å². The van der Waals surface area contributed by atoms with Crippen molar-refractivity contribution in [3.63, 3.8) is 0 Å². The zero-order chi connectivity index (χ0) is 14.0. The van der Waals surface area contributed by atoms with Crippen LogP contribution in [0.1, 0.15) is 24.8 Å². The molecule has 1 saturated heterocycles. The van der Waals surface area contributed by atoms with Crippen molar-refractivity contribution in [2.45, 2.75) is 37.0 Å². The van der Waals surface area contributed by atoms with Crippen molar-refractivity contribution in [2.75, 3.05) is 5.75 Å². The molecular formula is C16H20N2S2. The third-order valence-corrected chi connectivity index (χ3v) is 6.58. The average Bonchev–Trinajstić information content (AvgIpc) is 3.10. The molecule has 2 aromatic rings. The van der Waals surface area contributed by atoms with E-state index in [4.69, 9.17) is 10.7 Å². The Morgan fingerprint density at radius 2 is 2.15 bits per heavy atom. The van der Waals surface area contributed by atoms with Crippen LogP contribution in [0.25, 0.3) is 11.3 Å². The van der Waals surface area contributed by atoms with Crippen molar-refractivity contribution < 1.29 is 0 Å². The van der Waals surface area contributed by atoms with Gasteiger partial charge in [-0.3, -0.25) is 0 Å². The van der Waals surface area contributed by atoms with E-state index in [2.05, 4.69) is 36.6 Å². The van der Waals surface area contributed by atoms with E-state index in [0.29, 0.717) is 0 Å². The molecule has 1 aromatic heterocycles. The third kappa shape index (κ3) is 2.92. The molecule has 1 aromatic carbocycles. The molecule has 20 heavy (non-hydrogen) atoms. The smallest absolute Gasteiger partial charge is 0.0948 e. The molecule has 0 bridgehead atoms. The van der Waals surface area contributed by atoms with E-state index in [-0.39, 0.29) is 10.8 Å². The normalized spacial score (nSPS) is 23.9. The van der Waals surface area contributed by atoms with Crippen LogP contribution in [0.4, 0.5) is 0 Å². The Labute approximate surface area is 128 Å². The van der Waals surface area contributed by atoms with Crippen LogP contribution in [0.15, 0.2) is 35.7 Å². The van der Waals surface area contributed by atoms with E-state index >= 15 is 0 Å². The monoisotopic (exact) mass is 304 g/mol. The Morgan fingerprint density at radius 1 is 1.35 bits per heavy atom. The summed E-state index contributed by atoms with van der Waals surface area (Å²) in [6.07, 6.45) is 3.42. The van der Waals surface area contributed by atoms with Gasteiger partial charge in [0.05, 0.1) is 10.7 Å². The van der Waals surface area contributed by atoms with Crippen LogP contribution < -0.4 is 5.73 Å². The average molecular weight is 304 g/mol. The summed E-state index contributed by atoms with van der Waals surface area (Å²) < 4.78 is 0.235. The molecule has 2 heterocycles. The highest BCUT2D eigenvalue weighted by Crippen LogP contribution is 2.40. The molecule has 1 aliphatic heterocycles. The second-order valence-electron chi connectivity index (χ2n) is 5.57. The molecular weight excluding hydrogens is 284 g/mol. The summed E-state index contributed by atoms with van der Waals surface area (Å²) in [5.74, 6) is 1.25. The molecule has 106 valence electrons. The molecule has 1 aliphatic rings. The van der Waals surface area contributed by atoms with Crippen LogP contribution in [-0.4, -0.2) is 21.5 Å². The highest BCUT2D eigenvalue weighted by molar-refractivity contribution is 8.00. The standard InChI is InChI=1S/C16H20N2S2/c1-16(8-5-9-20-16)14(17)10-15-18-13(11-19-15)12-6-3-2-4-7-12/h2-4,6-7,11,14H,5,8-10,17H2,1H3. The fraction of sp³-hybridized carbons (Fsp3) is 0.438. The summed E-state index contributed by atoms with van der Waals surface area (Å²) >= 11 is 3.76. The molecule has 0 saturated carbocycles. The molecule has 2 unspecified atom stereocenters. The Balaban J connectivity index is 1.71. The van der Waals surface area contributed by atoms with E-state index in [1.54, 1.807) is 11.3 Å². The zero-order valence-electron chi connectivity index (χ0n) is 11.7. The Hall–Kier alpha value is -0.840. The first kappa shape index (κ1) is 14.1. The second-order valence-corrected chi connectivity index (χ2v) is 8.14.